The number of fused-ring (bicyclic) bond motifs is 1. The van der Waals surface area contributed by atoms with Gasteiger partial charge in [0.25, 0.3) is 11.8 Å². The highest BCUT2D eigenvalue weighted by Crippen LogP contribution is 2.33. The number of amides is 4. The van der Waals surface area contributed by atoms with E-state index in [2.05, 4.69) is 10.6 Å². The van der Waals surface area contributed by atoms with Gasteiger partial charge in [0.05, 0.1) is 30.4 Å². The van der Waals surface area contributed by atoms with Crippen molar-refractivity contribution in [1.82, 2.24) is 10.6 Å². The Morgan fingerprint density at radius 3 is 2.17 bits per heavy atom. The molecule has 0 bridgehead atoms. The summed E-state index contributed by atoms with van der Waals surface area (Å²) in [4.78, 5) is 78.5. The fourth-order valence-electron chi connectivity index (χ4n) is 4.67. The molecule has 1 aliphatic rings. The van der Waals surface area contributed by atoms with Gasteiger partial charge in [-0.05, 0) is 36.2 Å². The normalized spacial score (nSPS) is 15.1. The lowest BCUT2D eigenvalue weighted by atomic mass is 10.1. The predicted molar refractivity (Wildman–Crippen MR) is 154 cm³/mol. The molecule has 3 aromatic rings. The molecule has 1 aliphatic heterocycles. The Labute approximate surface area is 242 Å². The van der Waals surface area contributed by atoms with E-state index >= 15 is 0 Å². The predicted octanol–water partition coefficient (Wildman–Crippen LogP) is 1.96. The average Bonchev–Trinajstić information content (AvgIpc) is 3.11. The number of benzene rings is 3. The maximum atomic E-state index is 13.9. The quantitative estimate of drug-likeness (QED) is 0.298. The van der Waals surface area contributed by atoms with Gasteiger partial charge in [-0.25, -0.2) is 0 Å². The summed E-state index contributed by atoms with van der Waals surface area (Å²) in [7, 11) is 0. The van der Waals surface area contributed by atoms with Crippen molar-refractivity contribution in [2.75, 3.05) is 22.9 Å². The van der Waals surface area contributed by atoms with Crippen LogP contribution in [0.15, 0.2) is 84.9 Å². The number of carbonyl (C=O) groups is 6. The molecule has 3 N–H and O–H groups in total. The van der Waals surface area contributed by atoms with E-state index in [1.165, 1.54) is 4.90 Å². The first-order valence-electron chi connectivity index (χ1n) is 13.3. The zero-order valence-electron chi connectivity index (χ0n) is 22.6. The molecule has 0 aliphatic carbocycles. The molecule has 2 unspecified atom stereocenters. The first kappa shape index (κ1) is 29.7. The second kappa shape index (κ2) is 13.8. The van der Waals surface area contributed by atoms with Gasteiger partial charge in [-0.15, -0.1) is 0 Å². The number of anilines is 2. The number of nitrogens with one attached hydrogen (secondary N) is 2. The van der Waals surface area contributed by atoms with Crippen LogP contribution in [0.4, 0.5) is 11.4 Å². The number of carboxylic acid groups (broad SMARTS) is 1. The van der Waals surface area contributed by atoms with Gasteiger partial charge < -0.3 is 25.4 Å². The SMILES string of the molecule is O=CC(CC(=O)O)NC(=O)CN1C(=O)C(NC(=O)c2ccccc2)CN(C(=O)CCc2ccccc2)c2ccccc21. The highest BCUT2D eigenvalue weighted by Gasteiger charge is 2.37. The first-order valence-corrected chi connectivity index (χ1v) is 13.3. The summed E-state index contributed by atoms with van der Waals surface area (Å²) in [6.07, 6.45) is 0.262. The lowest BCUT2D eigenvalue weighted by molar-refractivity contribution is -0.139. The van der Waals surface area contributed by atoms with Crippen LogP contribution in [0.5, 0.6) is 0 Å². The summed E-state index contributed by atoms with van der Waals surface area (Å²) in [5, 5.41) is 14.0. The van der Waals surface area contributed by atoms with Crippen molar-refractivity contribution < 1.29 is 33.9 Å². The molecular weight excluding hydrogens is 540 g/mol. The number of hydrogen-bond acceptors (Lipinski definition) is 6. The number of hydrogen-bond donors (Lipinski definition) is 3. The van der Waals surface area contributed by atoms with Crippen molar-refractivity contribution in [3.8, 4) is 0 Å². The van der Waals surface area contributed by atoms with Gasteiger partial charge in [-0.2, -0.15) is 0 Å². The lowest BCUT2D eigenvalue weighted by Crippen LogP contribution is -2.54. The standard InChI is InChI=1S/C31H30N4O7/c36-20-23(17-29(39)40)32-27(37)19-35-26-14-8-7-13-25(26)34(28(38)16-15-21-9-3-1-4-10-21)18-24(31(35)42)33-30(41)22-11-5-2-6-12-22/h1-14,20,23-24H,15-19H2,(H,32,37)(H,33,41)(H,39,40). The zero-order valence-corrected chi connectivity index (χ0v) is 22.6. The minimum absolute atomic E-state index is 0.128. The fourth-order valence-corrected chi connectivity index (χ4v) is 4.67. The molecule has 0 spiro atoms. The summed E-state index contributed by atoms with van der Waals surface area (Å²) >= 11 is 0. The second-order valence-electron chi connectivity index (χ2n) is 9.70. The van der Waals surface area contributed by atoms with E-state index in [1.807, 2.05) is 30.3 Å². The van der Waals surface area contributed by atoms with Crippen LogP contribution in [0.2, 0.25) is 0 Å². The monoisotopic (exact) mass is 570 g/mol. The molecule has 4 rings (SSSR count). The molecule has 1 heterocycles. The van der Waals surface area contributed by atoms with E-state index in [1.54, 1.807) is 54.6 Å². The zero-order chi connectivity index (χ0) is 30.1. The Balaban J connectivity index is 1.66. The van der Waals surface area contributed by atoms with Gasteiger partial charge >= 0.3 is 5.97 Å². The number of rotatable bonds is 11. The number of nitrogens with zero attached hydrogens (tertiary/aromatic N) is 2. The minimum Gasteiger partial charge on any atom is -0.481 e. The Bertz CT molecular complexity index is 1460. The molecule has 0 saturated heterocycles. The summed E-state index contributed by atoms with van der Waals surface area (Å²) in [5.74, 6) is -3.54. The topological polar surface area (TPSA) is 153 Å². The van der Waals surface area contributed by atoms with E-state index in [0.29, 0.717) is 24.0 Å². The van der Waals surface area contributed by atoms with Crippen molar-refractivity contribution in [3.05, 3.63) is 96.1 Å². The summed E-state index contributed by atoms with van der Waals surface area (Å²) < 4.78 is 0. The maximum Gasteiger partial charge on any atom is 0.305 e. The van der Waals surface area contributed by atoms with Crippen molar-refractivity contribution in [1.29, 1.82) is 0 Å². The third-order valence-electron chi connectivity index (χ3n) is 6.71. The van der Waals surface area contributed by atoms with Crippen LogP contribution in [0.3, 0.4) is 0 Å². The molecule has 11 heteroatoms. The number of aliphatic carboxylic acids is 1. The molecule has 0 fully saturated rings. The third-order valence-corrected chi connectivity index (χ3v) is 6.71. The molecule has 11 nitrogen and oxygen atoms in total. The third kappa shape index (κ3) is 7.45. The number of carboxylic acids is 1. The van der Waals surface area contributed by atoms with Crippen LogP contribution in [0, 0.1) is 0 Å². The van der Waals surface area contributed by atoms with E-state index in [4.69, 9.17) is 5.11 Å². The van der Waals surface area contributed by atoms with Crippen molar-refractivity contribution >= 4 is 47.3 Å². The average molecular weight is 571 g/mol. The van der Waals surface area contributed by atoms with E-state index in [0.717, 1.165) is 10.5 Å². The van der Waals surface area contributed by atoms with Crippen LogP contribution >= 0.6 is 0 Å². The molecule has 0 saturated carbocycles. The second-order valence-corrected chi connectivity index (χ2v) is 9.70. The minimum atomic E-state index is -1.29. The van der Waals surface area contributed by atoms with Gasteiger partial charge in [-0.1, -0.05) is 60.7 Å². The van der Waals surface area contributed by atoms with Crippen LogP contribution in [-0.2, 0) is 30.4 Å². The van der Waals surface area contributed by atoms with Gasteiger partial charge in [0.1, 0.15) is 18.9 Å². The smallest absolute Gasteiger partial charge is 0.305 e. The van der Waals surface area contributed by atoms with Crippen LogP contribution in [0.1, 0.15) is 28.8 Å². The van der Waals surface area contributed by atoms with Gasteiger partial charge in [0, 0.05) is 12.0 Å². The van der Waals surface area contributed by atoms with Crippen LogP contribution in [-0.4, -0.2) is 66.2 Å². The van der Waals surface area contributed by atoms with Gasteiger partial charge in [0.2, 0.25) is 11.8 Å². The molecule has 216 valence electrons. The van der Waals surface area contributed by atoms with Crippen molar-refractivity contribution in [3.63, 3.8) is 0 Å². The molecule has 2 atom stereocenters. The Kier molecular flexibility index (Phi) is 9.77. The van der Waals surface area contributed by atoms with Crippen molar-refractivity contribution in [2.45, 2.75) is 31.3 Å². The fraction of sp³-hybridized carbons (Fsp3) is 0.226. The van der Waals surface area contributed by atoms with E-state index in [-0.39, 0.29) is 24.6 Å². The van der Waals surface area contributed by atoms with Crippen molar-refractivity contribution in [2.24, 2.45) is 0 Å². The molecule has 42 heavy (non-hydrogen) atoms. The summed E-state index contributed by atoms with van der Waals surface area (Å²) in [6.45, 7) is -0.764. The van der Waals surface area contributed by atoms with Gasteiger partial charge in [0.15, 0.2) is 0 Å². The first-order chi connectivity index (χ1) is 20.3. The van der Waals surface area contributed by atoms with Crippen LogP contribution < -0.4 is 20.4 Å². The lowest BCUT2D eigenvalue weighted by Gasteiger charge is -2.25. The summed E-state index contributed by atoms with van der Waals surface area (Å²) in [5.41, 5.74) is 1.89. The molecule has 3 aromatic carbocycles. The number of aldehydes is 1. The number of carbonyl (C=O) groups excluding carboxylic acids is 5. The largest absolute Gasteiger partial charge is 0.481 e. The molecule has 0 aromatic heterocycles. The van der Waals surface area contributed by atoms with Crippen LogP contribution in [0.25, 0.3) is 0 Å². The van der Waals surface area contributed by atoms with E-state index in [9.17, 15) is 28.8 Å². The summed E-state index contributed by atoms with van der Waals surface area (Å²) in [6, 6.07) is 21.8. The number of aryl methyl sites for hydroxylation is 1. The molecule has 0 radical (unpaired) electrons. The number of para-hydroxylation sites is 2. The molecule has 4 amide bonds. The Morgan fingerprint density at radius 1 is 0.905 bits per heavy atom. The highest BCUT2D eigenvalue weighted by atomic mass is 16.4. The van der Waals surface area contributed by atoms with Gasteiger partial charge in [-0.3, -0.25) is 28.9 Å². The molecular formula is C31H30N4O7. The Morgan fingerprint density at radius 2 is 1.52 bits per heavy atom. The Hall–Kier alpha value is -5.32. The maximum absolute atomic E-state index is 13.9. The highest BCUT2D eigenvalue weighted by molar-refractivity contribution is 6.11. The van der Waals surface area contributed by atoms with E-state index < -0.39 is 48.7 Å².